The Balaban J connectivity index is 1.32. The monoisotopic (exact) mass is 556 g/mol. The van der Waals surface area contributed by atoms with Crippen LogP contribution in [0.2, 0.25) is 0 Å². The van der Waals surface area contributed by atoms with Gasteiger partial charge in [0.25, 0.3) is 0 Å². The van der Waals surface area contributed by atoms with Crippen LogP contribution >= 0.6 is 0 Å². The molecule has 9 rings (SSSR count). The van der Waals surface area contributed by atoms with E-state index in [1.54, 1.807) is 0 Å². The Morgan fingerprint density at radius 1 is 0.205 bits per heavy atom. The van der Waals surface area contributed by atoms with E-state index in [-0.39, 0.29) is 0 Å². The highest BCUT2D eigenvalue weighted by atomic mass is 14.2. The molecule has 9 aromatic carbocycles. The highest BCUT2D eigenvalue weighted by Gasteiger charge is 2.16. The van der Waals surface area contributed by atoms with Crippen molar-refractivity contribution in [1.29, 1.82) is 0 Å². The van der Waals surface area contributed by atoms with Crippen LogP contribution in [0.1, 0.15) is 0 Å². The van der Waals surface area contributed by atoms with Crippen LogP contribution in [0.3, 0.4) is 0 Å². The second-order valence-electron chi connectivity index (χ2n) is 11.7. The fraction of sp³-hybridized carbons (Fsp3) is 0. The van der Waals surface area contributed by atoms with Gasteiger partial charge in [-0.25, -0.2) is 0 Å². The summed E-state index contributed by atoms with van der Waals surface area (Å²) in [5.74, 6) is 0. The smallest absolute Gasteiger partial charge is 0.00259 e. The van der Waals surface area contributed by atoms with Crippen LogP contribution in [0.25, 0.3) is 87.6 Å². The molecule has 0 bridgehead atoms. The van der Waals surface area contributed by atoms with Crippen LogP contribution in [0.5, 0.6) is 0 Å². The molecule has 0 saturated carbocycles. The summed E-state index contributed by atoms with van der Waals surface area (Å²) in [6.07, 6.45) is 0. The summed E-state index contributed by atoms with van der Waals surface area (Å²) in [7, 11) is 0. The normalized spacial score (nSPS) is 11.6. The van der Waals surface area contributed by atoms with Crippen LogP contribution in [0.15, 0.2) is 170 Å². The topological polar surface area (TPSA) is 0 Å². The van der Waals surface area contributed by atoms with Gasteiger partial charge in [0, 0.05) is 0 Å². The van der Waals surface area contributed by atoms with E-state index >= 15 is 0 Å². The Hall–Kier alpha value is -5.72. The van der Waals surface area contributed by atoms with Crippen molar-refractivity contribution in [3.05, 3.63) is 170 Å². The Bertz CT molecular complexity index is 2290. The average Bonchev–Trinajstić information content (AvgIpc) is 3.11. The van der Waals surface area contributed by atoms with E-state index in [1.165, 1.54) is 87.6 Å². The van der Waals surface area contributed by atoms with Crippen LogP contribution in [0.4, 0.5) is 0 Å². The molecular formula is C44H28. The quantitative estimate of drug-likeness (QED) is 0.149. The van der Waals surface area contributed by atoms with Crippen molar-refractivity contribution >= 4 is 43.1 Å². The molecule has 0 heterocycles. The number of rotatable bonds is 4. The molecule has 0 aliphatic heterocycles. The van der Waals surface area contributed by atoms with E-state index in [2.05, 4.69) is 170 Å². The first-order valence-corrected chi connectivity index (χ1v) is 15.3. The zero-order chi connectivity index (χ0) is 29.0. The molecule has 44 heavy (non-hydrogen) atoms. The highest BCUT2D eigenvalue weighted by Crippen LogP contribution is 2.44. The van der Waals surface area contributed by atoms with Gasteiger partial charge >= 0.3 is 0 Å². The molecule has 0 aliphatic carbocycles. The van der Waals surface area contributed by atoms with E-state index < -0.39 is 0 Å². The Labute approximate surface area is 256 Å². The maximum Gasteiger partial charge on any atom is -0.00259 e. The molecule has 0 nitrogen and oxygen atoms in total. The third-order valence-corrected chi connectivity index (χ3v) is 9.14. The van der Waals surface area contributed by atoms with Gasteiger partial charge in [-0.3, -0.25) is 0 Å². The van der Waals surface area contributed by atoms with Gasteiger partial charge in [0.15, 0.2) is 0 Å². The summed E-state index contributed by atoms with van der Waals surface area (Å²) < 4.78 is 0. The molecule has 0 N–H and O–H groups in total. The van der Waals surface area contributed by atoms with Crippen molar-refractivity contribution in [3.63, 3.8) is 0 Å². The second-order valence-corrected chi connectivity index (χ2v) is 11.7. The highest BCUT2D eigenvalue weighted by molar-refractivity contribution is 6.33. The van der Waals surface area contributed by atoms with Gasteiger partial charge in [-0.1, -0.05) is 133 Å². The molecule has 0 radical (unpaired) electrons. The standard InChI is InChI=1S/C44H28/c1-3-11-29(12-4-1)31-15-7-17-33(23-31)37-25-35-19-9-21-39-40-22-10-20-36-26-38(28-42(44(36)40)41(27-37)43(35)39)34-18-8-16-32(24-34)30-13-5-2-6-14-30/h1-28H. The minimum atomic E-state index is 1.23. The van der Waals surface area contributed by atoms with Crippen molar-refractivity contribution in [3.8, 4) is 44.5 Å². The zero-order valence-electron chi connectivity index (χ0n) is 24.2. The summed E-state index contributed by atoms with van der Waals surface area (Å²) in [6.45, 7) is 0. The van der Waals surface area contributed by atoms with Crippen molar-refractivity contribution < 1.29 is 0 Å². The molecule has 0 atom stereocenters. The summed E-state index contributed by atoms with van der Waals surface area (Å²) in [6, 6.07) is 62.3. The number of hydrogen-bond acceptors (Lipinski definition) is 0. The number of benzene rings is 9. The lowest BCUT2D eigenvalue weighted by Crippen LogP contribution is -1.90. The summed E-state index contributed by atoms with van der Waals surface area (Å²) in [5, 5.41) is 10.5. The van der Waals surface area contributed by atoms with Gasteiger partial charge in [-0.2, -0.15) is 0 Å². The lowest BCUT2D eigenvalue weighted by molar-refractivity contribution is 1.60. The molecule has 0 amide bonds. The Morgan fingerprint density at radius 3 is 1.00 bits per heavy atom. The van der Waals surface area contributed by atoms with E-state index in [4.69, 9.17) is 0 Å². The molecule has 0 aromatic heterocycles. The molecule has 204 valence electrons. The maximum atomic E-state index is 2.42. The molecule has 0 saturated heterocycles. The first kappa shape index (κ1) is 24.8. The van der Waals surface area contributed by atoms with Gasteiger partial charge < -0.3 is 0 Å². The van der Waals surface area contributed by atoms with Crippen molar-refractivity contribution in [2.75, 3.05) is 0 Å². The Morgan fingerprint density at radius 2 is 0.568 bits per heavy atom. The zero-order valence-corrected chi connectivity index (χ0v) is 24.2. The van der Waals surface area contributed by atoms with Crippen molar-refractivity contribution in [2.24, 2.45) is 0 Å². The summed E-state index contributed by atoms with van der Waals surface area (Å²) >= 11 is 0. The average molecular weight is 557 g/mol. The lowest BCUT2D eigenvalue weighted by Gasteiger charge is -2.17. The molecule has 0 unspecified atom stereocenters. The van der Waals surface area contributed by atoms with E-state index in [1.807, 2.05) is 0 Å². The molecule has 0 heteroatoms. The molecule has 0 aliphatic rings. The fourth-order valence-corrected chi connectivity index (χ4v) is 7.08. The third kappa shape index (κ3) is 4.00. The SMILES string of the molecule is c1ccc(-c2cccc(-c3cc4cccc5c6cccc7cc(-c8cccc(-c9ccccc9)c8)cc(c(c3)c45)c76)c2)cc1. The van der Waals surface area contributed by atoms with Gasteiger partial charge in [0.2, 0.25) is 0 Å². The van der Waals surface area contributed by atoms with Crippen LogP contribution in [0, 0.1) is 0 Å². The van der Waals surface area contributed by atoms with E-state index in [0.29, 0.717) is 0 Å². The third-order valence-electron chi connectivity index (χ3n) is 9.14. The minimum absolute atomic E-state index is 1.23. The van der Waals surface area contributed by atoms with Gasteiger partial charge in [0.05, 0.1) is 0 Å². The van der Waals surface area contributed by atoms with E-state index in [9.17, 15) is 0 Å². The van der Waals surface area contributed by atoms with Crippen molar-refractivity contribution in [2.45, 2.75) is 0 Å². The number of fused-ring (bicyclic) bond motifs is 2. The molecule has 0 fully saturated rings. The van der Waals surface area contributed by atoms with Crippen molar-refractivity contribution in [1.82, 2.24) is 0 Å². The van der Waals surface area contributed by atoms with E-state index in [0.717, 1.165) is 0 Å². The molecule has 9 aromatic rings. The number of hydrogen-bond donors (Lipinski definition) is 0. The van der Waals surface area contributed by atoms with Gasteiger partial charge in [-0.15, -0.1) is 0 Å². The Kier molecular flexibility index (Phi) is 5.61. The van der Waals surface area contributed by atoms with Gasteiger partial charge in [-0.05, 0) is 124 Å². The van der Waals surface area contributed by atoms with Crippen LogP contribution in [-0.2, 0) is 0 Å². The largest absolute Gasteiger partial charge is 0.0622 e. The lowest BCUT2D eigenvalue weighted by atomic mass is 9.86. The summed E-state index contributed by atoms with van der Waals surface area (Å²) in [5.41, 5.74) is 9.89. The van der Waals surface area contributed by atoms with Crippen LogP contribution in [-0.4, -0.2) is 0 Å². The predicted octanol–water partition coefficient (Wildman–Crippen LogP) is 12.4. The summed E-state index contributed by atoms with van der Waals surface area (Å²) in [4.78, 5) is 0. The predicted molar refractivity (Wildman–Crippen MR) is 189 cm³/mol. The first-order chi connectivity index (χ1) is 21.8. The fourth-order valence-electron chi connectivity index (χ4n) is 7.08. The van der Waals surface area contributed by atoms with Gasteiger partial charge in [0.1, 0.15) is 0 Å². The molecular weight excluding hydrogens is 528 g/mol. The molecule has 0 spiro atoms. The minimum Gasteiger partial charge on any atom is -0.0622 e. The first-order valence-electron chi connectivity index (χ1n) is 15.3. The van der Waals surface area contributed by atoms with Crippen LogP contribution < -0.4 is 0 Å². The second kappa shape index (κ2) is 9.93. The maximum absolute atomic E-state index is 2.42.